The standard InChI is InChI=1S/C13H12F3N3/c14-13(15,16)9-3-5-10(6-4-9)19-8-12-11(17)2-1-7-18-12/h1-7,19H,8,17H2. The van der Waals surface area contributed by atoms with Crippen LogP contribution in [0, 0.1) is 0 Å². The fourth-order valence-corrected chi connectivity index (χ4v) is 1.56. The van der Waals surface area contributed by atoms with Crippen LogP contribution in [-0.2, 0) is 12.7 Å². The van der Waals surface area contributed by atoms with Crippen LogP contribution in [0.25, 0.3) is 0 Å². The van der Waals surface area contributed by atoms with Gasteiger partial charge in [-0.15, -0.1) is 0 Å². The van der Waals surface area contributed by atoms with Crippen LogP contribution in [0.2, 0.25) is 0 Å². The molecule has 19 heavy (non-hydrogen) atoms. The van der Waals surface area contributed by atoms with Crippen molar-refractivity contribution in [3.63, 3.8) is 0 Å². The monoisotopic (exact) mass is 267 g/mol. The molecular weight excluding hydrogens is 255 g/mol. The number of nitrogens with two attached hydrogens (primary N) is 1. The average molecular weight is 267 g/mol. The van der Waals surface area contributed by atoms with Crippen molar-refractivity contribution >= 4 is 11.4 Å². The molecule has 1 heterocycles. The van der Waals surface area contributed by atoms with Crippen molar-refractivity contribution in [3.05, 3.63) is 53.9 Å². The molecular formula is C13H12F3N3. The molecule has 1 aromatic heterocycles. The van der Waals surface area contributed by atoms with E-state index in [1.807, 2.05) is 0 Å². The van der Waals surface area contributed by atoms with E-state index in [2.05, 4.69) is 10.3 Å². The Hall–Kier alpha value is -2.24. The van der Waals surface area contributed by atoms with Crippen molar-refractivity contribution in [1.29, 1.82) is 0 Å². The summed E-state index contributed by atoms with van der Waals surface area (Å²) < 4.78 is 37.1. The Morgan fingerprint density at radius 3 is 2.37 bits per heavy atom. The van der Waals surface area contributed by atoms with Gasteiger partial charge in [0.15, 0.2) is 0 Å². The summed E-state index contributed by atoms with van der Waals surface area (Å²) in [5, 5.41) is 2.97. The van der Waals surface area contributed by atoms with Gasteiger partial charge in [-0.1, -0.05) is 0 Å². The van der Waals surface area contributed by atoms with Crippen molar-refractivity contribution in [1.82, 2.24) is 4.98 Å². The fourth-order valence-electron chi connectivity index (χ4n) is 1.56. The molecule has 6 heteroatoms. The van der Waals surface area contributed by atoms with Crippen molar-refractivity contribution in [3.8, 4) is 0 Å². The molecule has 0 saturated carbocycles. The summed E-state index contributed by atoms with van der Waals surface area (Å²) >= 11 is 0. The number of hydrogen-bond donors (Lipinski definition) is 2. The molecule has 0 radical (unpaired) electrons. The second kappa shape index (κ2) is 5.17. The predicted octanol–water partition coefficient (Wildman–Crippen LogP) is 3.29. The van der Waals surface area contributed by atoms with Gasteiger partial charge >= 0.3 is 6.18 Å². The molecule has 0 fully saturated rings. The molecule has 2 rings (SSSR count). The van der Waals surface area contributed by atoms with Crippen molar-refractivity contribution in [2.24, 2.45) is 0 Å². The Kier molecular flexibility index (Phi) is 3.59. The second-order valence-electron chi connectivity index (χ2n) is 3.97. The SMILES string of the molecule is Nc1cccnc1CNc1ccc(C(F)(F)F)cc1. The van der Waals surface area contributed by atoms with Crippen LogP contribution in [0.4, 0.5) is 24.5 Å². The molecule has 3 nitrogen and oxygen atoms in total. The van der Waals surface area contributed by atoms with E-state index >= 15 is 0 Å². The molecule has 0 amide bonds. The first kappa shape index (κ1) is 13.2. The van der Waals surface area contributed by atoms with Crippen LogP contribution < -0.4 is 11.1 Å². The summed E-state index contributed by atoms with van der Waals surface area (Å²) in [5.74, 6) is 0. The Morgan fingerprint density at radius 2 is 1.79 bits per heavy atom. The Morgan fingerprint density at radius 1 is 1.11 bits per heavy atom. The zero-order valence-corrected chi connectivity index (χ0v) is 9.91. The first-order valence-electron chi connectivity index (χ1n) is 5.57. The van der Waals surface area contributed by atoms with Crippen LogP contribution in [0.15, 0.2) is 42.6 Å². The van der Waals surface area contributed by atoms with Gasteiger partial charge in [-0.05, 0) is 36.4 Å². The molecule has 1 aromatic carbocycles. The van der Waals surface area contributed by atoms with E-state index < -0.39 is 11.7 Å². The van der Waals surface area contributed by atoms with E-state index in [9.17, 15) is 13.2 Å². The van der Waals surface area contributed by atoms with E-state index in [4.69, 9.17) is 5.73 Å². The lowest BCUT2D eigenvalue weighted by Crippen LogP contribution is -2.07. The first-order chi connectivity index (χ1) is 8.97. The molecule has 0 aliphatic carbocycles. The molecule has 0 spiro atoms. The number of halogens is 3. The van der Waals surface area contributed by atoms with Gasteiger partial charge in [-0.3, -0.25) is 4.98 Å². The van der Waals surface area contributed by atoms with E-state index in [0.29, 0.717) is 23.6 Å². The van der Waals surface area contributed by atoms with Gasteiger partial charge in [0.25, 0.3) is 0 Å². The summed E-state index contributed by atoms with van der Waals surface area (Å²) in [5.41, 5.74) is 6.82. The number of nitrogen functional groups attached to an aromatic ring is 1. The number of rotatable bonds is 3. The third-order valence-electron chi connectivity index (χ3n) is 2.60. The van der Waals surface area contributed by atoms with Crippen LogP contribution in [-0.4, -0.2) is 4.98 Å². The zero-order valence-electron chi connectivity index (χ0n) is 9.91. The van der Waals surface area contributed by atoms with Gasteiger partial charge < -0.3 is 11.1 Å². The summed E-state index contributed by atoms with van der Waals surface area (Å²) in [6.45, 7) is 0.359. The molecule has 3 N–H and O–H groups in total. The van der Waals surface area contributed by atoms with Gasteiger partial charge in [0.2, 0.25) is 0 Å². The molecule has 0 unspecified atom stereocenters. The highest BCUT2D eigenvalue weighted by Crippen LogP contribution is 2.29. The zero-order chi connectivity index (χ0) is 13.9. The van der Waals surface area contributed by atoms with E-state index in [-0.39, 0.29) is 0 Å². The van der Waals surface area contributed by atoms with Gasteiger partial charge in [-0.25, -0.2) is 0 Å². The summed E-state index contributed by atoms with van der Waals surface area (Å²) in [4.78, 5) is 4.08. The Bertz CT molecular complexity index is 550. The van der Waals surface area contributed by atoms with Crippen LogP contribution in [0.1, 0.15) is 11.3 Å². The van der Waals surface area contributed by atoms with E-state index in [0.717, 1.165) is 12.1 Å². The maximum absolute atomic E-state index is 12.4. The van der Waals surface area contributed by atoms with Crippen molar-refractivity contribution in [2.75, 3.05) is 11.1 Å². The lowest BCUT2D eigenvalue weighted by molar-refractivity contribution is -0.137. The number of benzene rings is 1. The molecule has 0 aliphatic rings. The van der Waals surface area contributed by atoms with Crippen LogP contribution in [0.3, 0.4) is 0 Å². The third-order valence-corrected chi connectivity index (χ3v) is 2.60. The van der Waals surface area contributed by atoms with Gasteiger partial charge in [0.1, 0.15) is 0 Å². The quantitative estimate of drug-likeness (QED) is 0.897. The minimum atomic E-state index is -4.32. The van der Waals surface area contributed by atoms with E-state index in [1.54, 1.807) is 18.3 Å². The molecule has 0 atom stereocenters. The number of nitrogens with one attached hydrogen (secondary N) is 1. The lowest BCUT2D eigenvalue weighted by atomic mass is 10.2. The van der Waals surface area contributed by atoms with Crippen LogP contribution in [0.5, 0.6) is 0 Å². The normalized spacial score (nSPS) is 11.3. The summed E-state index contributed by atoms with van der Waals surface area (Å²) in [7, 11) is 0. The highest BCUT2D eigenvalue weighted by atomic mass is 19.4. The second-order valence-corrected chi connectivity index (χ2v) is 3.97. The van der Waals surface area contributed by atoms with Crippen LogP contribution >= 0.6 is 0 Å². The largest absolute Gasteiger partial charge is 0.416 e. The smallest absolute Gasteiger partial charge is 0.397 e. The third kappa shape index (κ3) is 3.37. The van der Waals surface area contributed by atoms with Crippen molar-refractivity contribution < 1.29 is 13.2 Å². The molecule has 0 saturated heterocycles. The predicted molar refractivity (Wildman–Crippen MR) is 67.4 cm³/mol. The maximum Gasteiger partial charge on any atom is 0.416 e. The minimum absolute atomic E-state index is 0.359. The number of hydrogen-bond acceptors (Lipinski definition) is 3. The number of anilines is 2. The minimum Gasteiger partial charge on any atom is -0.397 e. The molecule has 100 valence electrons. The lowest BCUT2D eigenvalue weighted by Gasteiger charge is -2.10. The first-order valence-corrected chi connectivity index (χ1v) is 5.57. The number of nitrogens with zero attached hydrogens (tertiary/aromatic N) is 1. The van der Waals surface area contributed by atoms with E-state index in [1.165, 1.54) is 12.1 Å². The summed E-state index contributed by atoms with van der Waals surface area (Å²) in [6, 6.07) is 8.26. The Balaban J connectivity index is 2.03. The van der Waals surface area contributed by atoms with Crippen molar-refractivity contribution in [2.45, 2.75) is 12.7 Å². The molecule has 0 aliphatic heterocycles. The van der Waals surface area contributed by atoms with Gasteiger partial charge in [0, 0.05) is 11.9 Å². The highest BCUT2D eigenvalue weighted by molar-refractivity contribution is 5.48. The number of pyridine rings is 1. The Labute approximate surface area is 108 Å². The van der Waals surface area contributed by atoms with Gasteiger partial charge in [-0.2, -0.15) is 13.2 Å². The fraction of sp³-hybridized carbons (Fsp3) is 0.154. The summed E-state index contributed by atoms with van der Waals surface area (Å²) in [6.07, 6.45) is -2.70. The highest BCUT2D eigenvalue weighted by Gasteiger charge is 2.29. The number of aromatic nitrogens is 1. The number of alkyl halides is 3. The maximum atomic E-state index is 12.4. The topological polar surface area (TPSA) is 50.9 Å². The average Bonchev–Trinajstić information content (AvgIpc) is 2.37. The van der Waals surface area contributed by atoms with Gasteiger partial charge in [0.05, 0.1) is 23.5 Å². The molecule has 0 bridgehead atoms. The molecule has 2 aromatic rings.